The number of benzene rings is 1. The van der Waals surface area contributed by atoms with Crippen molar-refractivity contribution < 1.29 is 13.3 Å². The molecule has 124 valence electrons. The van der Waals surface area contributed by atoms with Crippen molar-refractivity contribution in [2.75, 3.05) is 18.4 Å². The van der Waals surface area contributed by atoms with E-state index in [0.29, 0.717) is 5.69 Å². The Morgan fingerprint density at radius 2 is 1.91 bits per heavy atom. The Bertz CT molecular complexity index is 815. The van der Waals surface area contributed by atoms with E-state index in [4.69, 9.17) is 0 Å². The van der Waals surface area contributed by atoms with Gasteiger partial charge in [0.1, 0.15) is 9.90 Å². The lowest BCUT2D eigenvalue weighted by molar-refractivity contribution is -0.384. The lowest BCUT2D eigenvalue weighted by Crippen LogP contribution is -2.28. The number of sulfonamides is 1. The van der Waals surface area contributed by atoms with Crippen molar-refractivity contribution in [2.45, 2.75) is 18.1 Å². The largest absolute Gasteiger partial charge is 0.378 e. The van der Waals surface area contributed by atoms with E-state index >= 15 is 0 Å². The minimum absolute atomic E-state index is 0.0262. The highest BCUT2D eigenvalue weighted by molar-refractivity contribution is 7.91. The van der Waals surface area contributed by atoms with Gasteiger partial charge in [-0.05, 0) is 37.6 Å². The smallest absolute Gasteiger partial charge is 0.292 e. The predicted octanol–water partition coefficient (Wildman–Crippen LogP) is 2.66. The van der Waals surface area contributed by atoms with Gasteiger partial charge in [0.25, 0.3) is 5.69 Å². The van der Waals surface area contributed by atoms with Crippen LogP contribution < -0.4 is 10.0 Å². The van der Waals surface area contributed by atoms with Crippen molar-refractivity contribution >= 4 is 32.7 Å². The average molecular weight is 355 g/mol. The molecule has 0 bridgehead atoms. The van der Waals surface area contributed by atoms with Gasteiger partial charge >= 0.3 is 0 Å². The molecular formula is C14H17N3O4S2. The van der Waals surface area contributed by atoms with Gasteiger partial charge in [-0.25, -0.2) is 13.1 Å². The fourth-order valence-corrected chi connectivity index (χ4v) is 4.31. The molecule has 1 aromatic carbocycles. The summed E-state index contributed by atoms with van der Waals surface area (Å²) in [6, 6.07) is 8.15. The maximum atomic E-state index is 12.0. The lowest BCUT2D eigenvalue weighted by Gasteiger charge is -2.08. The molecule has 2 N–H and O–H groups in total. The number of anilines is 1. The van der Waals surface area contributed by atoms with E-state index < -0.39 is 14.9 Å². The molecule has 1 heterocycles. The molecule has 1 aromatic heterocycles. The number of nitro groups is 1. The van der Waals surface area contributed by atoms with Gasteiger partial charge in [0.2, 0.25) is 10.0 Å². The molecule has 23 heavy (non-hydrogen) atoms. The van der Waals surface area contributed by atoms with Crippen LogP contribution in [0.2, 0.25) is 0 Å². The minimum Gasteiger partial charge on any atom is -0.378 e. The number of hydrogen-bond acceptors (Lipinski definition) is 6. The molecule has 0 saturated carbocycles. The van der Waals surface area contributed by atoms with Crippen LogP contribution in [0.4, 0.5) is 11.4 Å². The zero-order chi connectivity index (χ0) is 17.0. The molecular weight excluding hydrogens is 338 g/mol. The third-order valence-corrected chi connectivity index (χ3v) is 6.02. The second kappa shape index (κ2) is 7.07. The second-order valence-electron chi connectivity index (χ2n) is 4.97. The molecule has 0 amide bonds. The molecule has 0 fully saturated rings. The SMILES string of the molecule is Cc1ccc(NCCNS(=O)(=O)c2ccc(C)s2)c([N+](=O)[O-])c1. The van der Waals surface area contributed by atoms with Crippen molar-refractivity contribution in [1.29, 1.82) is 0 Å². The van der Waals surface area contributed by atoms with E-state index in [9.17, 15) is 18.5 Å². The van der Waals surface area contributed by atoms with Gasteiger partial charge in [0.15, 0.2) is 0 Å². The fraction of sp³-hybridized carbons (Fsp3) is 0.286. The van der Waals surface area contributed by atoms with Gasteiger partial charge in [-0.1, -0.05) is 6.07 Å². The highest BCUT2D eigenvalue weighted by Gasteiger charge is 2.16. The number of thiophene rings is 1. The molecule has 9 heteroatoms. The first-order valence-electron chi connectivity index (χ1n) is 6.84. The number of nitrogens with zero attached hydrogens (tertiary/aromatic N) is 1. The molecule has 0 spiro atoms. The first-order valence-corrected chi connectivity index (χ1v) is 9.14. The topological polar surface area (TPSA) is 101 Å². The van der Waals surface area contributed by atoms with Crippen LogP contribution in [-0.2, 0) is 10.0 Å². The Morgan fingerprint density at radius 3 is 2.52 bits per heavy atom. The van der Waals surface area contributed by atoms with Crippen molar-refractivity contribution in [3.63, 3.8) is 0 Å². The molecule has 0 aliphatic heterocycles. The van der Waals surface area contributed by atoms with Crippen LogP contribution in [0.3, 0.4) is 0 Å². The summed E-state index contributed by atoms with van der Waals surface area (Å²) in [7, 11) is -3.53. The molecule has 0 aliphatic rings. The second-order valence-corrected chi connectivity index (χ2v) is 8.25. The molecule has 2 rings (SSSR count). The predicted molar refractivity (Wildman–Crippen MR) is 90.6 cm³/mol. The zero-order valence-corrected chi connectivity index (χ0v) is 14.3. The Balaban J connectivity index is 1.95. The monoisotopic (exact) mass is 355 g/mol. The summed E-state index contributed by atoms with van der Waals surface area (Å²) in [6.07, 6.45) is 0. The van der Waals surface area contributed by atoms with E-state index in [-0.39, 0.29) is 23.0 Å². The van der Waals surface area contributed by atoms with E-state index in [1.54, 1.807) is 31.2 Å². The van der Waals surface area contributed by atoms with Crippen LogP contribution in [0, 0.1) is 24.0 Å². The van der Waals surface area contributed by atoms with E-state index in [1.807, 2.05) is 6.92 Å². The molecule has 0 unspecified atom stereocenters. The van der Waals surface area contributed by atoms with E-state index in [1.165, 1.54) is 17.4 Å². The Hall–Kier alpha value is -1.97. The molecule has 2 aromatic rings. The lowest BCUT2D eigenvalue weighted by atomic mass is 10.2. The van der Waals surface area contributed by atoms with Gasteiger partial charge < -0.3 is 5.32 Å². The summed E-state index contributed by atoms with van der Waals surface area (Å²) in [5.74, 6) is 0. The van der Waals surface area contributed by atoms with Crippen LogP contribution in [-0.4, -0.2) is 26.4 Å². The van der Waals surface area contributed by atoms with Gasteiger partial charge in [-0.2, -0.15) is 0 Å². The van der Waals surface area contributed by atoms with Crippen molar-refractivity contribution in [2.24, 2.45) is 0 Å². The fourth-order valence-electron chi connectivity index (χ4n) is 1.95. The van der Waals surface area contributed by atoms with Crippen molar-refractivity contribution in [3.8, 4) is 0 Å². The molecule has 0 saturated heterocycles. The van der Waals surface area contributed by atoms with Gasteiger partial charge in [-0.15, -0.1) is 11.3 Å². The Labute approximate surface area is 138 Å². The number of rotatable bonds is 7. The van der Waals surface area contributed by atoms with Crippen LogP contribution in [0.5, 0.6) is 0 Å². The normalized spacial score (nSPS) is 11.4. The maximum absolute atomic E-state index is 12.0. The Kier molecular flexibility index (Phi) is 5.34. The van der Waals surface area contributed by atoms with Crippen molar-refractivity contribution in [1.82, 2.24) is 4.72 Å². The van der Waals surface area contributed by atoms with Crippen LogP contribution in [0.25, 0.3) is 0 Å². The number of nitro benzene ring substituents is 1. The summed E-state index contributed by atoms with van der Waals surface area (Å²) in [6.45, 7) is 3.98. The van der Waals surface area contributed by atoms with Crippen LogP contribution in [0.1, 0.15) is 10.4 Å². The molecule has 0 aliphatic carbocycles. The quantitative estimate of drug-likeness (QED) is 0.452. The van der Waals surface area contributed by atoms with Gasteiger partial charge in [-0.3, -0.25) is 10.1 Å². The van der Waals surface area contributed by atoms with Gasteiger partial charge in [0, 0.05) is 24.0 Å². The van der Waals surface area contributed by atoms with E-state index in [2.05, 4.69) is 10.0 Å². The summed E-state index contributed by atoms with van der Waals surface area (Å²) in [5, 5.41) is 13.9. The number of hydrogen-bond donors (Lipinski definition) is 2. The molecule has 0 radical (unpaired) electrons. The van der Waals surface area contributed by atoms with Gasteiger partial charge in [0.05, 0.1) is 4.92 Å². The highest BCUT2D eigenvalue weighted by Crippen LogP contribution is 2.25. The maximum Gasteiger partial charge on any atom is 0.292 e. The third-order valence-electron chi connectivity index (χ3n) is 3.06. The van der Waals surface area contributed by atoms with Crippen LogP contribution >= 0.6 is 11.3 Å². The standard InChI is InChI=1S/C14H17N3O4S2/c1-10-3-5-12(13(9-10)17(18)19)15-7-8-16-23(20,21)14-6-4-11(2)22-14/h3-6,9,15-16H,7-8H2,1-2H3. The Morgan fingerprint density at radius 1 is 1.17 bits per heavy atom. The summed E-state index contributed by atoms with van der Waals surface area (Å²) in [5.41, 5.74) is 1.13. The zero-order valence-electron chi connectivity index (χ0n) is 12.7. The summed E-state index contributed by atoms with van der Waals surface area (Å²) >= 11 is 1.20. The highest BCUT2D eigenvalue weighted by atomic mass is 32.2. The minimum atomic E-state index is -3.53. The third kappa shape index (κ3) is 4.50. The summed E-state index contributed by atoms with van der Waals surface area (Å²) < 4.78 is 26.8. The average Bonchev–Trinajstić information content (AvgIpc) is 2.92. The first-order chi connectivity index (χ1) is 10.8. The van der Waals surface area contributed by atoms with Crippen molar-refractivity contribution in [3.05, 3.63) is 50.9 Å². The number of aryl methyl sites for hydroxylation is 2. The number of nitrogens with one attached hydrogen (secondary N) is 2. The summed E-state index contributed by atoms with van der Waals surface area (Å²) in [4.78, 5) is 11.5. The molecule has 0 atom stereocenters. The van der Waals surface area contributed by atoms with E-state index in [0.717, 1.165) is 10.4 Å². The van der Waals surface area contributed by atoms with Crippen LogP contribution in [0.15, 0.2) is 34.5 Å². The molecule has 7 nitrogen and oxygen atoms in total. The first kappa shape index (κ1) is 17.4.